The number of halogens is 2. The van der Waals surface area contributed by atoms with Crippen LogP contribution < -0.4 is 10.0 Å². The zero-order valence-electron chi connectivity index (χ0n) is 12.0. The van der Waals surface area contributed by atoms with Crippen molar-refractivity contribution in [3.05, 3.63) is 29.3 Å². The van der Waals surface area contributed by atoms with Gasteiger partial charge >= 0.3 is 0 Å². The second-order valence-corrected chi connectivity index (χ2v) is 6.90. The van der Waals surface area contributed by atoms with Gasteiger partial charge in [0.25, 0.3) is 0 Å². The van der Waals surface area contributed by atoms with Crippen LogP contribution in [-0.2, 0) is 16.6 Å². The third-order valence-corrected chi connectivity index (χ3v) is 5.21. The van der Waals surface area contributed by atoms with Crippen molar-refractivity contribution >= 4 is 10.0 Å². The molecule has 1 saturated carbocycles. The Morgan fingerprint density at radius 1 is 1.24 bits per heavy atom. The molecule has 118 valence electrons. The number of hydrogen-bond donors (Lipinski definition) is 2. The Hall–Kier alpha value is -1.05. The van der Waals surface area contributed by atoms with Gasteiger partial charge in [-0.25, -0.2) is 21.9 Å². The lowest BCUT2D eigenvalue weighted by Crippen LogP contribution is -2.33. The van der Waals surface area contributed by atoms with E-state index in [2.05, 4.69) is 10.0 Å². The first kappa shape index (κ1) is 16.3. The summed E-state index contributed by atoms with van der Waals surface area (Å²) in [7, 11) is -3.96. The van der Waals surface area contributed by atoms with Crippen LogP contribution in [0.15, 0.2) is 17.0 Å². The van der Waals surface area contributed by atoms with E-state index in [0.29, 0.717) is 6.54 Å². The van der Waals surface area contributed by atoms with Gasteiger partial charge in [0, 0.05) is 18.2 Å². The first-order valence-electron chi connectivity index (χ1n) is 7.15. The molecule has 4 nitrogen and oxygen atoms in total. The predicted octanol–water partition coefficient (Wildman–Crippen LogP) is 2.30. The van der Waals surface area contributed by atoms with E-state index in [1.165, 1.54) is 0 Å². The minimum Gasteiger partial charge on any atom is -0.313 e. The molecular formula is C14H20F2N2O2S. The summed E-state index contributed by atoms with van der Waals surface area (Å²) in [5.74, 6) is -1.75. The van der Waals surface area contributed by atoms with Crippen molar-refractivity contribution < 1.29 is 17.2 Å². The van der Waals surface area contributed by atoms with Gasteiger partial charge in [-0.2, -0.15) is 0 Å². The minimum atomic E-state index is -3.96. The molecule has 0 aliphatic heterocycles. The molecule has 0 radical (unpaired) electrons. The number of rotatable bonds is 6. The summed E-state index contributed by atoms with van der Waals surface area (Å²) in [5.41, 5.74) is -0.244. The SMILES string of the molecule is CCNCc1c(F)ccc(S(=O)(=O)NC2CCCC2)c1F. The monoisotopic (exact) mass is 318 g/mol. The molecule has 1 aliphatic rings. The van der Waals surface area contributed by atoms with Crippen molar-refractivity contribution in [2.75, 3.05) is 6.54 Å². The molecule has 0 aromatic heterocycles. The zero-order valence-corrected chi connectivity index (χ0v) is 12.8. The van der Waals surface area contributed by atoms with Gasteiger partial charge in [-0.1, -0.05) is 19.8 Å². The summed E-state index contributed by atoms with van der Waals surface area (Å²) in [6, 6.07) is 1.83. The van der Waals surface area contributed by atoms with E-state index >= 15 is 0 Å². The topological polar surface area (TPSA) is 58.2 Å². The van der Waals surface area contributed by atoms with Crippen LogP contribution in [0.25, 0.3) is 0 Å². The van der Waals surface area contributed by atoms with Gasteiger partial charge in [-0.05, 0) is 31.5 Å². The molecule has 2 rings (SSSR count). The molecule has 21 heavy (non-hydrogen) atoms. The fourth-order valence-electron chi connectivity index (χ4n) is 2.52. The average molecular weight is 318 g/mol. The molecule has 1 aliphatic carbocycles. The summed E-state index contributed by atoms with van der Waals surface area (Å²) >= 11 is 0. The Labute approximate surface area is 124 Å². The summed E-state index contributed by atoms with van der Waals surface area (Å²) < 4.78 is 55.0. The van der Waals surface area contributed by atoms with Crippen LogP contribution in [0.4, 0.5) is 8.78 Å². The van der Waals surface area contributed by atoms with Crippen molar-refractivity contribution in [3.63, 3.8) is 0 Å². The van der Waals surface area contributed by atoms with Gasteiger partial charge in [0.05, 0.1) is 0 Å². The highest BCUT2D eigenvalue weighted by molar-refractivity contribution is 7.89. The third kappa shape index (κ3) is 3.78. The highest BCUT2D eigenvalue weighted by atomic mass is 32.2. The van der Waals surface area contributed by atoms with Crippen LogP contribution >= 0.6 is 0 Å². The van der Waals surface area contributed by atoms with Crippen molar-refractivity contribution in [1.82, 2.24) is 10.0 Å². The smallest absolute Gasteiger partial charge is 0.243 e. The molecule has 1 aromatic rings. The van der Waals surface area contributed by atoms with E-state index in [1.54, 1.807) is 6.92 Å². The molecule has 0 unspecified atom stereocenters. The van der Waals surface area contributed by atoms with Crippen LogP contribution in [-0.4, -0.2) is 21.0 Å². The van der Waals surface area contributed by atoms with E-state index in [9.17, 15) is 17.2 Å². The molecule has 1 aromatic carbocycles. The van der Waals surface area contributed by atoms with E-state index in [1.807, 2.05) is 0 Å². The first-order chi connectivity index (χ1) is 9.95. The maximum atomic E-state index is 14.3. The lowest BCUT2D eigenvalue weighted by atomic mass is 10.2. The van der Waals surface area contributed by atoms with Gasteiger partial charge in [-0.3, -0.25) is 0 Å². The quantitative estimate of drug-likeness (QED) is 0.846. The summed E-state index contributed by atoms with van der Waals surface area (Å²) in [5, 5.41) is 2.80. The fraction of sp³-hybridized carbons (Fsp3) is 0.571. The van der Waals surface area contributed by atoms with Crippen molar-refractivity contribution in [2.45, 2.75) is 50.1 Å². The van der Waals surface area contributed by atoms with Crippen LogP contribution in [0.2, 0.25) is 0 Å². The molecule has 0 bridgehead atoms. The molecule has 0 saturated heterocycles. The molecule has 0 heterocycles. The van der Waals surface area contributed by atoms with Crippen molar-refractivity contribution in [1.29, 1.82) is 0 Å². The summed E-state index contributed by atoms with van der Waals surface area (Å²) in [6.07, 6.45) is 3.44. The van der Waals surface area contributed by atoms with E-state index in [4.69, 9.17) is 0 Å². The summed E-state index contributed by atoms with van der Waals surface area (Å²) in [6.45, 7) is 2.30. The lowest BCUT2D eigenvalue weighted by Gasteiger charge is -2.15. The van der Waals surface area contributed by atoms with Gasteiger partial charge in [0.2, 0.25) is 10.0 Å². The Morgan fingerprint density at radius 2 is 1.90 bits per heavy atom. The Kier molecular flexibility index (Phi) is 5.29. The second-order valence-electron chi connectivity index (χ2n) is 5.22. The van der Waals surface area contributed by atoms with Crippen molar-refractivity contribution in [2.24, 2.45) is 0 Å². The summed E-state index contributed by atoms with van der Waals surface area (Å²) in [4.78, 5) is -0.483. The van der Waals surface area contributed by atoms with Crippen LogP contribution in [0, 0.1) is 11.6 Å². The van der Waals surface area contributed by atoms with E-state index in [-0.39, 0.29) is 18.2 Å². The minimum absolute atomic E-state index is 0.0407. The van der Waals surface area contributed by atoms with Gasteiger partial charge in [-0.15, -0.1) is 0 Å². The Balaban J connectivity index is 2.29. The maximum absolute atomic E-state index is 14.3. The first-order valence-corrected chi connectivity index (χ1v) is 8.64. The third-order valence-electron chi connectivity index (χ3n) is 3.67. The molecule has 2 N–H and O–H groups in total. The fourth-order valence-corrected chi connectivity index (χ4v) is 3.93. The normalized spacial score (nSPS) is 16.5. The van der Waals surface area contributed by atoms with Crippen LogP contribution in [0.3, 0.4) is 0 Å². The molecular weight excluding hydrogens is 298 g/mol. The van der Waals surface area contributed by atoms with Crippen LogP contribution in [0.1, 0.15) is 38.2 Å². The number of hydrogen-bond acceptors (Lipinski definition) is 3. The lowest BCUT2D eigenvalue weighted by molar-refractivity contribution is 0.508. The zero-order chi connectivity index (χ0) is 15.5. The number of sulfonamides is 1. The average Bonchev–Trinajstić information content (AvgIpc) is 2.90. The molecule has 0 spiro atoms. The maximum Gasteiger partial charge on any atom is 0.243 e. The Bertz CT molecular complexity index is 599. The molecule has 0 amide bonds. The Morgan fingerprint density at radius 3 is 2.52 bits per heavy atom. The van der Waals surface area contributed by atoms with Crippen molar-refractivity contribution in [3.8, 4) is 0 Å². The van der Waals surface area contributed by atoms with Gasteiger partial charge in [0.1, 0.15) is 10.7 Å². The van der Waals surface area contributed by atoms with E-state index in [0.717, 1.165) is 37.8 Å². The number of benzene rings is 1. The standard InChI is InChI=1S/C14H20F2N2O2S/c1-2-17-9-11-12(15)7-8-13(14(11)16)21(19,20)18-10-5-3-4-6-10/h7-8,10,17-18H,2-6,9H2,1H3. The second kappa shape index (κ2) is 6.81. The van der Waals surface area contributed by atoms with Gasteiger partial charge < -0.3 is 5.32 Å². The van der Waals surface area contributed by atoms with Gasteiger partial charge in [0.15, 0.2) is 5.82 Å². The molecule has 1 fully saturated rings. The number of nitrogens with one attached hydrogen (secondary N) is 2. The highest BCUT2D eigenvalue weighted by Crippen LogP contribution is 2.24. The molecule has 0 atom stereocenters. The highest BCUT2D eigenvalue weighted by Gasteiger charge is 2.27. The predicted molar refractivity (Wildman–Crippen MR) is 76.3 cm³/mol. The largest absolute Gasteiger partial charge is 0.313 e. The van der Waals surface area contributed by atoms with E-state index < -0.39 is 26.6 Å². The molecule has 7 heteroatoms. The van der Waals surface area contributed by atoms with Crippen LogP contribution in [0.5, 0.6) is 0 Å².